The molecule has 4 rings (SSSR count). The van der Waals surface area contributed by atoms with Gasteiger partial charge in [-0.2, -0.15) is 0 Å². The highest BCUT2D eigenvalue weighted by Gasteiger charge is 2.13. The highest BCUT2D eigenvalue weighted by Crippen LogP contribution is 2.32. The summed E-state index contributed by atoms with van der Waals surface area (Å²) in [5.74, 6) is 0.532. The van der Waals surface area contributed by atoms with Gasteiger partial charge in [0.05, 0.1) is 0 Å². The van der Waals surface area contributed by atoms with Gasteiger partial charge in [0.15, 0.2) is 5.58 Å². The summed E-state index contributed by atoms with van der Waals surface area (Å²) in [6, 6.07) is 15.8. The Bertz CT molecular complexity index is 994. The van der Waals surface area contributed by atoms with E-state index in [1.165, 1.54) is 0 Å². The molecule has 1 heterocycles. The first-order valence-corrected chi connectivity index (χ1v) is 7.08. The van der Waals surface area contributed by atoms with Crippen LogP contribution in [0.15, 0.2) is 52.9 Å². The van der Waals surface area contributed by atoms with Gasteiger partial charge in [-0.05, 0) is 36.1 Å². The topological polar surface area (TPSA) is 78.1 Å². The molecule has 0 amide bonds. The van der Waals surface area contributed by atoms with Gasteiger partial charge in [-0.3, -0.25) is 0 Å². The first-order chi connectivity index (χ1) is 10.6. The summed E-state index contributed by atoms with van der Waals surface area (Å²) in [6.07, 6.45) is 0. The predicted molar refractivity (Wildman–Crippen MR) is 90.5 cm³/mol. The Morgan fingerprint density at radius 1 is 0.955 bits per heavy atom. The number of anilines is 2. The number of hydrogen-bond acceptors (Lipinski definition) is 4. The van der Waals surface area contributed by atoms with Gasteiger partial charge >= 0.3 is 0 Å². The van der Waals surface area contributed by atoms with Crippen molar-refractivity contribution in [3.05, 3.63) is 54.1 Å². The molecule has 3 aromatic carbocycles. The largest absolute Gasteiger partial charge is 0.436 e. The Hall–Kier alpha value is -3.01. The molecule has 0 aliphatic rings. The highest BCUT2D eigenvalue weighted by molar-refractivity contribution is 6.04. The maximum absolute atomic E-state index is 5.99. The van der Waals surface area contributed by atoms with Crippen molar-refractivity contribution in [3.63, 3.8) is 0 Å². The Kier molecular flexibility index (Phi) is 2.60. The Morgan fingerprint density at radius 2 is 1.68 bits per heavy atom. The van der Waals surface area contributed by atoms with Crippen LogP contribution in [0, 0.1) is 6.92 Å². The lowest BCUT2D eigenvalue weighted by Gasteiger charge is -2.05. The molecule has 22 heavy (non-hydrogen) atoms. The molecule has 0 atom stereocenters. The van der Waals surface area contributed by atoms with E-state index in [0.717, 1.165) is 33.0 Å². The van der Waals surface area contributed by atoms with E-state index in [1.807, 2.05) is 49.4 Å². The van der Waals surface area contributed by atoms with Gasteiger partial charge in [-0.25, -0.2) is 4.98 Å². The molecule has 0 spiro atoms. The zero-order valence-electron chi connectivity index (χ0n) is 12.1. The third-order valence-corrected chi connectivity index (χ3v) is 4.02. The number of oxazole rings is 1. The minimum atomic E-state index is 0.532. The summed E-state index contributed by atoms with van der Waals surface area (Å²) < 4.78 is 5.89. The molecule has 108 valence electrons. The molecule has 0 unspecified atom stereocenters. The van der Waals surface area contributed by atoms with E-state index in [1.54, 1.807) is 0 Å². The maximum Gasteiger partial charge on any atom is 0.227 e. The fourth-order valence-corrected chi connectivity index (χ4v) is 2.67. The van der Waals surface area contributed by atoms with Crippen LogP contribution in [-0.2, 0) is 0 Å². The summed E-state index contributed by atoms with van der Waals surface area (Å²) >= 11 is 0. The minimum Gasteiger partial charge on any atom is -0.436 e. The van der Waals surface area contributed by atoms with Gasteiger partial charge < -0.3 is 15.9 Å². The van der Waals surface area contributed by atoms with Gasteiger partial charge in [0.1, 0.15) is 5.52 Å². The van der Waals surface area contributed by atoms with Crippen LogP contribution in [0.25, 0.3) is 33.3 Å². The van der Waals surface area contributed by atoms with E-state index in [9.17, 15) is 0 Å². The van der Waals surface area contributed by atoms with Gasteiger partial charge in [-0.1, -0.05) is 30.3 Å². The number of nitrogens with two attached hydrogens (primary N) is 2. The lowest BCUT2D eigenvalue weighted by molar-refractivity contribution is 0.620. The van der Waals surface area contributed by atoms with Gasteiger partial charge in [0.25, 0.3) is 0 Å². The van der Waals surface area contributed by atoms with Crippen LogP contribution in [0.5, 0.6) is 0 Å². The third kappa shape index (κ3) is 1.81. The van der Waals surface area contributed by atoms with Crippen molar-refractivity contribution >= 4 is 33.2 Å². The zero-order chi connectivity index (χ0) is 15.3. The van der Waals surface area contributed by atoms with Crippen molar-refractivity contribution in [1.82, 2.24) is 4.98 Å². The standard InChI is InChI=1S/C18H15N3O/c1-10-14(19)8-12(9-15(10)20)18-21-17-13-5-3-2-4-11(13)6-7-16(17)22-18/h2-9H,19-20H2,1H3. The highest BCUT2D eigenvalue weighted by atomic mass is 16.3. The molecular formula is C18H15N3O. The van der Waals surface area contributed by atoms with Crippen LogP contribution in [0.2, 0.25) is 0 Å². The molecule has 4 nitrogen and oxygen atoms in total. The monoisotopic (exact) mass is 289 g/mol. The molecule has 0 bridgehead atoms. The van der Waals surface area contributed by atoms with Crippen LogP contribution in [0.4, 0.5) is 11.4 Å². The molecule has 0 fully saturated rings. The smallest absolute Gasteiger partial charge is 0.227 e. The number of aromatic nitrogens is 1. The molecule has 4 aromatic rings. The second-order valence-electron chi connectivity index (χ2n) is 5.43. The van der Waals surface area contributed by atoms with Crippen LogP contribution in [0.3, 0.4) is 0 Å². The Balaban J connectivity index is 1.98. The van der Waals surface area contributed by atoms with Crippen molar-refractivity contribution < 1.29 is 4.42 Å². The molecule has 0 saturated carbocycles. The van der Waals surface area contributed by atoms with E-state index in [-0.39, 0.29) is 0 Å². The molecular weight excluding hydrogens is 274 g/mol. The summed E-state index contributed by atoms with van der Waals surface area (Å²) in [4.78, 5) is 4.65. The normalized spacial score (nSPS) is 11.3. The average Bonchev–Trinajstić information content (AvgIpc) is 2.96. The van der Waals surface area contributed by atoms with Gasteiger partial charge in [0, 0.05) is 22.3 Å². The van der Waals surface area contributed by atoms with E-state index in [0.29, 0.717) is 17.3 Å². The van der Waals surface area contributed by atoms with E-state index in [2.05, 4.69) is 11.1 Å². The van der Waals surface area contributed by atoms with Crippen LogP contribution < -0.4 is 11.5 Å². The first-order valence-electron chi connectivity index (χ1n) is 7.08. The number of benzene rings is 3. The van der Waals surface area contributed by atoms with Crippen molar-refractivity contribution in [2.75, 3.05) is 11.5 Å². The molecule has 0 aliphatic carbocycles. The number of rotatable bonds is 1. The summed E-state index contributed by atoms with van der Waals surface area (Å²) in [6.45, 7) is 1.90. The van der Waals surface area contributed by atoms with Gasteiger partial charge in [0.2, 0.25) is 5.89 Å². The lowest BCUT2D eigenvalue weighted by atomic mass is 10.1. The van der Waals surface area contributed by atoms with Crippen LogP contribution in [0.1, 0.15) is 5.56 Å². The number of hydrogen-bond donors (Lipinski definition) is 2. The fraction of sp³-hybridized carbons (Fsp3) is 0.0556. The Morgan fingerprint density at radius 3 is 2.45 bits per heavy atom. The number of nitrogens with zero attached hydrogens (tertiary/aromatic N) is 1. The summed E-state index contributed by atoms with van der Waals surface area (Å²) in [5, 5.41) is 2.21. The molecule has 0 aliphatic heterocycles. The van der Waals surface area contributed by atoms with Crippen LogP contribution >= 0.6 is 0 Å². The van der Waals surface area contributed by atoms with Gasteiger partial charge in [-0.15, -0.1) is 0 Å². The lowest BCUT2D eigenvalue weighted by Crippen LogP contribution is -1.96. The summed E-state index contributed by atoms with van der Waals surface area (Å²) in [7, 11) is 0. The molecule has 4 N–H and O–H groups in total. The predicted octanol–water partition coefficient (Wildman–Crippen LogP) is 4.12. The number of fused-ring (bicyclic) bond motifs is 3. The maximum atomic E-state index is 5.99. The second kappa shape index (κ2) is 4.49. The van der Waals surface area contributed by atoms with Crippen molar-refractivity contribution in [2.45, 2.75) is 6.92 Å². The molecule has 4 heteroatoms. The molecule has 0 saturated heterocycles. The third-order valence-electron chi connectivity index (χ3n) is 4.02. The Labute approximate surface area is 127 Å². The van der Waals surface area contributed by atoms with Crippen LogP contribution in [-0.4, -0.2) is 4.98 Å². The quantitative estimate of drug-likeness (QED) is 0.517. The first kappa shape index (κ1) is 12.7. The minimum absolute atomic E-state index is 0.532. The second-order valence-corrected chi connectivity index (χ2v) is 5.43. The van der Waals surface area contributed by atoms with Crippen molar-refractivity contribution in [1.29, 1.82) is 0 Å². The van der Waals surface area contributed by atoms with E-state index >= 15 is 0 Å². The zero-order valence-corrected chi connectivity index (χ0v) is 12.1. The average molecular weight is 289 g/mol. The number of nitrogen functional groups attached to an aromatic ring is 2. The fourth-order valence-electron chi connectivity index (χ4n) is 2.67. The van der Waals surface area contributed by atoms with Crippen molar-refractivity contribution in [3.8, 4) is 11.5 Å². The summed E-state index contributed by atoms with van der Waals surface area (Å²) in [5.41, 5.74) is 16.6. The van der Waals surface area contributed by atoms with E-state index < -0.39 is 0 Å². The van der Waals surface area contributed by atoms with E-state index in [4.69, 9.17) is 15.9 Å². The van der Waals surface area contributed by atoms with Crippen molar-refractivity contribution in [2.24, 2.45) is 0 Å². The molecule has 0 radical (unpaired) electrons. The molecule has 1 aromatic heterocycles. The SMILES string of the molecule is Cc1c(N)cc(-c2nc3c(ccc4ccccc43)o2)cc1N.